The Morgan fingerprint density at radius 1 is 1.64 bits per heavy atom. The molecule has 0 amide bonds. The zero-order valence-corrected chi connectivity index (χ0v) is 9.89. The van der Waals surface area contributed by atoms with Crippen molar-refractivity contribution in [1.82, 2.24) is 0 Å². The first-order valence-corrected chi connectivity index (χ1v) is 5.27. The molecule has 0 aromatic heterocycles. The van der Waals surface area contributed by atoms with E-state index in [0.717, 1.165) is 3.57 Å². The fourth-order valence-electron chi connectivity index (χ4n) is 1.23. The lowest BCUT2D eigenvalue weighted by Gasteiger charge is -2.05. The number of nitro groups is 1. The molecule has 5 heteroatoms. The smallest absolute Gasteiger partial charge is 0.273 e. The molecule has 0 saturated heterocycles. The molecule has 76 valence electrons. The van der Waals surface area contributed by atoms with E-state index >= 15 is 0 Å². The first-order chi connectivity index (χ1) is 6.50. The van der Waals surface area contributed by atoms with E-state index in [4.69, 9.17) is 5.73 Å². The van der Waals surface area contributed by atoms with Crippen LogP contribution in [0.25, 0.3) is 0 Å². The van der Waals surface area contributed by atoms with Gasteiger partial charge >= 0.3 is 0 Å². The molecular formula is C9H11IN2O2. The molecule has 2 N–H and O–H groups in total. The molecular weight excluding hydrogens is 295 g/mol. The first-order valence-electron chi connectivity index (χ1n) is 4.19. The number of hydrogen-bond donors (Lipinski definition) is 1. The molecule has 0 aliphatic heterocycles. The number of halogens is 1. The van der Waals surface area contributed by atoms with Crippen molar-refractivity contribution in [2.75, 3.05) is 0 Å². The van der Waals surface area contributed by atoms with Gasteiger partial charge in [0.15, 0.2) is 0 Å². The van der Waals surface area contributed by atoms with Crippen LogP contribution in [0.5, 0.6) is 0 Å². The fourth-order valence-corrected chi connectivity index (χ4v) is 1.70. The molecule has 1 rings (SSSR count). The molecule has 0 heterocycles. The number of nitrogens with two attached hydrogens (primary N) is 1. The van der Waals surface area contributed by atoms with E-state index in [-0.39, 0.29) is 16.7 Å². The zero-order valence-electron chi connectivity index (χ0n) is 7.74. The van der Waals surface area contributed by atoms with Crippen LogP contribution in [-0.2, 0) is 6.42 Å². The van der Waals surface area contributed by atoms with Crippen LogP contribution in [0, 0.1) is 13.7 Å². The largest absolute Gasteiger partial charge is 0.328 e. The number of benzene rings is 1. The van der Waals surface area contributed by atoms with E-state index in [1.54, 1.807) is 12.1 Å². The van der Waals surface area contributed by atoms with E-state index < -0.39 is 0 Å². The average Bonchev–Trinajstić information content (AvgIpc) is 2.07. The van der Waals surface area contributed by atoms with Crippen LogP contribution in [0.15, 0.2) is 18.2 Å². The highest BCUT2D eigenvalue weighted by Gasteiger charge is 2.14. The van der Waals surface area contributed by atoms with Crippen LogP contribution < -0.4 is 5.73 Å². The number of nitro benzene ring substituents is 1. The van der Waals surface area contributed by atoms with Gasteiger partial charge in [0.1, 0.15) is 0 Å². The highest BCUT2D eigenvalue weighted by Crippen LogP contribution is 2.22. The van der Waals surface area contributed by atoms with Crippen LogP contribution in [0.1, 0.15) is 12.5 Å². The second-order valence-corrected chi connectivity index (χ2v) is 4.46. The standard InChI is InChI=1S/C9H11IN2O2/c1-6(11)4-7-2-3-8(10)5-9(7)12(13)14/h2-3,5-6H,4,11H2,1H3. The van der Waals surface area contributed by atoms with E-state index in [0.29, 0.717) is 12.0 Å². The lowest BCUT2D eigenvalue weighted by atomic mass is 10.1. The zero-order chi connectivity index (χ0) is 10.7. The van der Waals surface area contributed by atoms with Gasteiger partial charge in [-0.05, 0) is 42.0 Å². The normalized spacial score (nSPS) is 12.5. The molecule has 0 aliphatic rings. The summed E-state index contributed by atoms with van der Waals surface area (Å²) in [4.78, 5) is 10.4. The molecule has 0 saturated carbocycles. The van der Waals surface area contributed by atoms with E-state index in [1.165, 1.54) is 0 Å². The Balaban J connectivity index is 3.08. The molecule has 0 fully saturated rings. The second-order valence-electron chi connectivity index (χ2n) is 3.21. The van der Waals surface area contributed by atoms with Crippen LogP contribution in [0.4, 0.5) is 5.69 Å². The van der Waals surface area contributed by atoms with Crippen LogP contribution in [0.2, 0.25) is 0 Å². The minimum atomic E-state index is -0.361. The van der Waals surface area contributed by atoms with Gasteiger partial charge < -0.3 is 5.73 Å². The molecule has 1 atom stereocenters. The van der Waals surface area contributed by atoms with Crippen LogP contribution in [0.3, 0.4) is 0 Å². The van der Waals surface area contributed by atoms with Gasteiger partial charge in [0, 0.05) is 21.2 Å². The van der Waals surface area contributed by atoms with Gasteiger partial charge in [-0.2, -0.15) is 0 Å². The maximum absolute atomic E-state index is 10.7. The molecule has 0 radical (unpaired) electrons. The molecule has 0 aliphatic carbocycles. The molecule has 0 bridgehead atoms. The van der Waals surface area contributed by atoms with Gasteiger partial charge in [0.2, 0.25) is 0 Å². The van der Waals surface area contributed by atoms with Crippen molar-refractivity contribution < 1.29 is 4.92 Å². The lowest BCUT2D eigenvalue weighted by Crippen LogP contribution is -2.18. The van der Waals surface area contributed by atoms with Crippen molar-refractivity contribution >= 4 is 28.3 Å². The van der Waals surface area contributed by atoms with Gasteiger partial charge in [0.05, 0.1) is 4.92 Å². The summed E-state index contributed by atoms with van der Waals surface area (Å²) in [5.74, 6) is 0. The minimum absolute atomic E-state index is 0.0613. The average molecular weight is 306 g/mol. The number of nitrogens with zero attached hydrogens (tertiary/aromatic N) is 1. The van der Waals surface area contributed by atoms with E-state index in [2.05, 4.69) is 22.6 Å². The Kier molecular flexibility index (Phi) is 3.82. The minimum Gasteiger partial charge on any atom is -0.328 e. The Hall–Kier alpha value is -0.690. The van der Waals surface area contributed by atoms with Crippen LogP contribution in [-0.4, -0.2) is 11.0 Å². The first kappa shape index (κ1) is 11.4. The highest BCUT2D eigenvalue weighted by atomic mass is 127. The quantitative estimate of drug-likeness (QED) is 0.528. The van der Waals surface area contributed by atoms with Gasteiger partial charge in [-0.1, -0.05) is 6.07 Å². The Labute approximate surface area is 95.8 Å². The van der Waals surface area contributed by atoms with E-state index in [1.807, 2.05) is 13.0 Å². The van der Waals surface area contributed by atoms with Gasteiger partial charge in [-0.25, -0.2) is 0 Å². The fraction of sp³-hybridized carbons (Fsp3) is 0.333. The number of hydrogen-bond acceptors (Lipinski definition) is 3. The Morgan fingerprint density at radius 3 is 2.79 bits per heavy atom. The summed E-state index contributed by atoms with van der Waals surface area (Å²) in [5.41, 5.74) is 6.47. The van der Waals surface area contributed by atoms with Gasteiger partial charge in [0.25, 0.3) is 5.69 Å². The third-order valence-electron chi connectivity index (χ3n) is 1.79. The molecule has 0 spiro atoms. The lowest BCUT2D eigenvalue weighted by molar-refractivity contribution is -0.385. The van der Waals surface area contributed by atoms with Crippen molar-refractivity contribution in [3.63, 3.8) is 0 Å². The predicted molar refractivity (Wildman–Crippen MR) is 63.2 cm³/mol. The highest BCUT2D eigenvalue weighted by molar-refractivity contribution is 14.1. The summed E-state index contributed by atoms with van der Waals surface area (Å²) >= 11 is 2.05. The van der Waals surface area contributed by atoms with Crippen molar-refractivity contribution in [2.45, 2.75) is 19.4 Å². The summed E-state index contributed by atoms with van der Waals surface area (Å²) in [6, 6.07) is 5.13. The van der Waals surface area contributed by atoms with Gasteiger partial charge in [-0.3, -0.25) is 10.1 Å². The van der Waals surface area contributed by atoms with Crippen molar-refractivity contribution in [2.24, 2.45) is 5.73 Å². The maximum Gasteiger partial charge on any atom is 0.273 e. The molecule has 4 nitrogen and oxygen atoms in total. The molecule has 1 aromatic rings. The topological polar surface area (TPSA) is 69.2 Å². The molecule has 1 aromatic carbocycles. The Bertz CT molecular complexity index is 353. The van der Waals surface area contributed by atoms with Crippen molar-refractivity contribution in [3.8, 4) is 0 Å². The summed E-state index contributed by atoms with van der Waals surface area (Å²) in [6.45, 7) is 1.84. The molecule has 1 unspecified atom stereocenters. The van der Waals surface area contributed by atoms with Gasteiger partial charge in [-0.15, -0.1) is 0 Å². The Morgan fingerprint density at radius 2 is 2.29 bits per heavy atom. The predicted octanol–water partition coefficient (Wildman–Crippen LogP) is 2.09. The number of rotatable bonds is 3. The van der Waals surface area contributed by atoms with Crippen LogP contribution >= 0.6 is 22.6 Å². The third-order valence-corrected chi connectivity index (χ3v) is 2.46. The SMILES string of the molecule is CC(N)Cc1ccc(I)cc1[N+](=O)[O-]. The summed E-state index contributed by atoms with van der Waals surface area (Å²) < 4.78 is 0.864. The van der Waals surface area contributed by atoms with Crippen molar-refractivity contribution in [1.29, 1.82) is 0 Å². The summed E-state index contributed by atoms with van der Waals surface area (Å²) in [5, 5.41) is 10.7. The third kappa shape index (κ3) is 2.91. The summed E-state index contributed by atoms with van der Waals surface area (Å²) in [7, 11) is 0. The summed E-state index contributed by atoms with van der Waals surface area (Å²) in [6.07, 6.45) is 0.535. The monoisotopic (exact) mass is 306 g/mol. The van der Waals surface area contributed by atoms with E-state index in [9.17, 15) is 10.1 Å². The molecule has 14 heavy (non-hydrogen) atoms. The maximum atomic E-state index is 10.7. The second kappa shape index (κ2) is 4.70. The van der Waals surface area contributed by atoms with Crippen molar-refractivity contribution in [3.05, 3.63) is 37.4 Å².